The summed E-state index contributed by atoms with van der Waals surface area (Å²) in [7, 11) is -3.47. The maximum atomic E-state index is 12.5. The van der Waals surface area contributed by atoms with Gasteiger partial charge in [0.1, 0.15) is 0 Å². The van der Waals surface area contributed by atoms with Gasteiger partial charge in [-0.25, -0.2) is 8.42 Å². The van der Waals surface area contributed by atoms with Crippen LogP contribution in [0.4, 0.5) is 0 Å². The molecule has 0 spiro atoms. The van der Waals surface area contributed by atoms with Crippen molar-refractivity contribution in [2.24, 2.45) is 0 Å². The zero-order valence-electron chi connectivity index (χ0n) is 18.8. The van der Waals surface area contributed by atoms with Crippen molar-refractivity contribution in [2.75, 3.05) is 26.2 Å². The Balaban J connectivity index is 2.47. The third-order valence-corrected chi connectivity index (χ3v) is 6.95. The van der Waals surface area contributed by atoms with Gasteiger partial charge in [0.15, 0.2) is 0 Å². The zero-order valence-corrected chi connectivity index (χ0v) is 19.6. The van der Waals surface area contributed by atoms with E-state index in [0.29, 0.717) is 38.9 Å². The molecule has 0 aliphatic carbocycles. The lowest BCUT2D eigenvalue weighted by molar-refractivity contribution is -0.131. The summed E-state index contributed by atoms with van der Waals surface area (Å²) in [4.78, 5) is 26.4. The van der Waals surface area contributed by atoms with Crippen LogP contribution in [-0.2, 0) is 26.2 Å². The summed E-state index contributed by atoms with van der Waals surface area (Å²) >= 11 is 0. The van der Waals surface area contributed by atoms with Crippen LogP contribution in [0.3, 0.4) is 0 Å². The van der Waals surface area contributed by atoms with Gasteiger partial charge in [-0.05, 0) is 37.0 Å². The second-order valence-electron chi connectivity index (χ2n) is 7.24. The van der Waals surface area contributed by atoms with E-state index in [1.807, 2.05) is 18.7 Å². The highest BCUT2D eigenvalue weighted by Crippen LogP contribution is 2.16. The minimum atomic E-state index is -3.47. The minimum Gasteiger partial charge on any atom is -0.352 e. The van der Waals surface area contributed by atoms with E-state index in [-0.39, 0.29) is 16.7 Å². The molecule has 0 saturated carbocycles. The Hall–Kier alpha value is -1.93. The van der Waals surface area contributed by atoms with E-state index in [1.54, 1.807) is 24.3 Å². The first-order chi connectivity index (χ1) is 14.3. The van der Waals surface area contributed by atoms with E-state index < -0.39 is 10.0 Å². The molecular weight excluding hydrogens is 402 g/mol. The van der Waals surface area contributed by atoms with Crippen molar-refractivity contribution in [1.29, 1.82) is 0 Å². The molecule has 8 heteroatoms. The SMILES string of the molecule is CCCN(CCC)C(=O)CCCC(=O)NCc1ccc(S(=O)(=O)N(CC)CC)cc1. The van der Waals surface area contributed by atoms with E-state index in [0.717, 1.165) is 31.5 Å². The smallest absolute Gasteiger partial charge is 0.243 e. The van der Waals surface area contributed by atoms with Crippen LogP contribution in [0.2, 0.25) is 0 Å². The molecule has 30 heavy (non-hydrogen) atoms. The molecule has 1 aromatic carbocycles. The predicted octanol–water partition coefficient (Wildman–Crippen LogP) is 3.15. The van der Waals surface area contributed by atoms with Crippen LogP contribution in [0.15, 0.2) is 29.2 Å². The summed E-state index contributed by atoms with van der Waals surface area (Å²) in [5.74, 6) is -0.00308. The molecule has 0 atom stereocenters. The number of carbonyl (C=O) groups excluding carboxylic acids is 2. The van der Waals surface area contributed by atoms with Gasteiger partial charge in [-0.1, -0.05) is 39.8 Å². The number of sulfonamides is 1. The van der Waals surface area contributed by atoms with Crippen LogP contribution in [0.5, 0.6) is 0 Å². The molecule has 1 rings (SSSR count). The summed E-state index contributed by atoms with van der Waals surface area (Å²) < 4.78 is 26.4. The topological polar surface area (TPSA) is 86.8 Å². The first-order valence-electron chi connectivity index (χ1n) is 10.9. The quantitative estimate of drug-likeness (QED) is 0.482. The van der Waals surface area contributed by atoms with E-state index >= 15 is 0 Å². The normalized spacial score (nSPS) is 11.5. The fourth-order valence-corrected chi connectivity index (χ4v) is 4.70. The molecule has 1 aromatic rings. The molecule has 2 amide bonds. The number of nitrogens with one attached hydrogen (secondary N) is 1. The maximum Gasteiger partial charge on any atom is 0.243 e. The van der Waals surface area contributed by atoms with Crippen molar-refractivity contribution < 1.29 is 18.0 Å². The van der Waals surface area contributed by atoms with Gasteiger partial charge in [0.05, 0.1) is 4.90 Å². The Morgan fingerprint density at radius 3 is 1.97 bits per heavy atom. The van der Waals surface area contributed by atoms with Gasteiger partial charge in [0, 0.05) is 45.6 Å². The van der Waals surface area contributed by atoms with Gasteiger partial charge >= 0.3 is 0 Å². The van der Waals surface area contributed by atoms with Gasteiger partial charge in [0.2, 0.25) is 21.8 Å². The number of nitrogens with zero attached hydrogens (tertiary/aromatic N) is 2. The van der Waals surface area contributed by atoms with Gasteiger partial charge in [0.25, 0.3) is 0 Å². The van der Waals surface area contributed by atoms with Crippen molar-refractivity contribution in [2.45, 2.75) is 71.2 Å². The molecule has 0 aliphatic rings. The Morgan fingerprint density at radius 2 is 1.47 bits per heavy atom. The molecule has 0 heterocycles. The lowest BCUT2D eigenvalue weighted by Crippen LogP contribution is -2.32. The Kier molecular flexibility index (Phi) is 11.7. The molecule has 0 aromatic heterocycles. The highest BCUT2D eigenvalue weighted by molar-refractivity contribution is 7.89. The fourth-order valence-electron chi connectivity index (χ4n) is 3.24. The standard InChI is InChI=1S/C22H37N3O4S/c1-5-16-24(17-6-2)22(27)11-9-10-21(26)23-18-19-12-14-20(15-13-19)30(28,29)25(7-3)8-4/h12-15H,5-11,16-18H2,1-4H3,(H,23,26). The van der Waals surface area contributed by atoms with Gasteiger partial charge in [-0.3, -0.25) is 9.59 Å². The van der Waals surface area contributed by atoms with Crippen molar-refractivity contribution in [3.05, 3.63) is 29.8 Å². The van der Waals surface area contributed by atoms with Crippen molar-refractivity contribution in [1.82, 2.24) is 14.5 Å². The highest BCUT2D eigenvalue weighted by Gasteiger charge is 2.21. The molecule has 0 fully saturated rings. The minimum absolute atomic E-state index is 0.108. The third-order valence-electron chi connectivity index (χ3n) is 4.89. The molecule has 0 radical (unpaired) electrons. The molecule has 7 nitrogen and oxygen atoms in total. The maximum absolute atomic E-state index is 12.5. The molecule has 1 N–H and O–H groups in total. The Morgan fingerprint density at radius 1 is 0.900 bits per heavy atom. The van der Waals surface area contributed by atoms with Gasteiger partial charge in [-0.15, -0.1) is 0 Å². The van der Waals surface area contributed by atoms with Crippen LogP contribution in [0.1, 0.15) is 65.4 Å². The molecular formula is C22H37N3O4S. The summed E-state index contributed by atoms with van der Waals surface area (Å²) in [6, 6.07) is 6.58. The van der Waals surface area contributed by atoms with Gasteiger partial charge in [-0.2, -0.15) is 4.31 Å². The molecule has 170 valence electrons. The zero-order chi connectivity index (χ0) is 22.6. The lowest BCUT2D eigenvalue weighted by atomic mass is 10.2. The van der Waals surface area contributed by atoms with Crippen molar-refractivity contribution >= 4 is 21.8 Å². The average Bonchev–Trinajstić information content (AvgIpc) is 2.73. The Bertz CT molecular complexity index is 753. The first kappa shape index (κ1) is 26.1. The van der Waals surface area contributed by atoms with Crippen molar-refractivity contribution in [3.63, 3.8) is 0 Å². The number of rotatable bonds is 14. The van der Waals surface area contributed by atoms with Crippen LogP contribution < -0.4 is 5.32 Å². The van der Waals surface area contributed by atoms with E-state index in [4.69, 9.17) is 0 Å². The van der Waals surface area contributed by atoms with E-state index in [1.165, 1.54) is 4.31 Å². The number of benzene rings is 1. The summed E-state index contributed by atoms with van der Waals surface area (Å²) in [5, 5.41) is 2.83. The number of amides is 2. The summed E-state index contributed by atoms with van der Waals surface area (Å²) in [6.45, 7) is 10.4. The van der Waals surface area contributed by atoms with Gasteiger partial charge < -0.3 is 10.2 Å². The number of carbonyl (C=O) groups is 2. The fraction of sp³-hybridized carbons (Fsp3) is 0.636. The van der Waals surface area contributed by atoms with Crippen LogP contribution >= 0.6 is 0 Å². The van der Waals surface area contributed by atoms with Crippen molar-refractivity contribution in [3.8, 4) is 0 Å². The third kappa shape index (κ3) is 8.07. The summed E-state index contributed by atoms with van der Waals surface area (Å²) in [5.41, 5.74) is 0.829. The van der Waals surface area contributed by atoms with E-state index in [9.17, 15) is 18.0 Å². The molecule has 0 aliphatic heterocycles. The molecule has 0 unspecified atom stereocenters. The largest absolute Gasteiger partial charge is 0.352 e. The molecule has 0 saturated heterocycles. The highest BCUT2D eigenvalue weighted by atomic mass is 32.2. The average molecular weight is 440 g/mol. The summed E-state index contributed by atoms with van der Waals surface area (Å²) in [6.07, 6.45) is 3.07. The molecule has 0 bridgehead atoms. The number of hydrogen-bond acceptors (Lipinski definition) is 4. The second kappa shape index (κ2) is 13.4. The van der Waals surface area contributed by atoms with Crippen LogP contribution in [0.25, 0.3) is 0 Å². The van der Waals surface area contributed by atoms with Crippen LogP contribution in [0, 0.1) is 0 Å². The van der Waals surface area contributed by atoms with E-state index in [2.05, 4.69) is 19.2 Å². The second-order valence-corrected chi connectivity index (χ2v) is 9.18. The number of hydrogen-bond donors (Lipinski definition) is 1. The Labute approximate surface area is 181 Å². The monoisotopic (exact) mass is 439 g/mol. The predicted molar refractivity (Wildman–Crippen MR) is 119 cm³/mol. The van der Waals surface area contributed by atoms with Crippen LogP contribution in [-0.4, -0.2) is 55.6 Å². The lowest BCUT2D eigenvalue weighted by Gasteiger charge is -2.21. The first-order valence-corrected chi connectivity index (χ1v) is 12.4.